The standard InChI is InChI=1S/C27H32N4O6S/c1-17(2)15-21(30-27(34)25-18(3)19-9-4-5-11-23(19)37-25)26(33)29-20-10-8-14-31(16-22(20)32)38(35,36)24-12-6-7-13-28-24/h4-7,9,11-13,17,20-21H,8,10,14-16H2,1-3H3,(H,29,33)(H,30,34)/t20-,21?/m0/s1. The lowest BCUT2D eigenvalue weighted by atomic mass is 10.0. The maximum atomic E-state index is 13.3. The van der Waals surface area contributed by atoms with Crippen molar-refractivity contribution in [3.63, 3.8) is 0 Å². The molecule has 1 saturated heterocycles. The van der Waals surface area contributed by atoms with Crippen molar-refractivity contribution in [2.75, 3.05) is 13.1 Å². The zero-order valence-electron chi connectivity index (χ0n) is 21.6. The Kier molecular flexibility index (Phi) is 8.27. The lowest BCUT2D eigenvalue weighted by Crippen LogP contribution is -2.52. The summed E-state index contributed by atoms with van der Waals surface area (Å²) in [6, 6.07) is 10.1. The Hall–Kier alpha value is -3.57. The number of para-hydroxylation sites is 1. The van der Waals surface area contributed by atoms with Crippen LogP contribution in [-0.2, 0) is 19.6 Å². The first-order valence-electron chi connectivity index (χ1n) is 12.6. The molecule has 2 amide bonds. The van der Waals surface area contributed by atoms with Crippen molar-refractivity contribution in [1.82, 2.24) is 19.9 Å². The van der Waals surface area contributed by atoms with Gasteiger partial charge in [0.25, 0.3) is 15.9 Å². The van der Waals surface area contributed by atoms with E-state index in [4.69, 9.17) is 4.42 Å². The molecule has 10 nitrogen and oxygen atoms in total. The first kappa shape index (κ1) is 27.5. The Labute approximate surface area is 221 Å². The van der Waals surface area contributed by atoms with Gasteiger partial charge in [0.1, 0.15) is 11.6 Å². The Bertz CT molecular complexity index is 1430. The minimum Gasteiger partial charge on any atom is -0.451 e. The second-order valence-corrected chi connectivity index (χ2v) is 11.8. The third-order valence-corrected chi connectivity index (χ3v) is 8.32. The van der Waals surface area contributed by atoms with Crippen LogP contribution < -0.4 is 10.6 Å². The normalized spacial score (nSPS) is 17.8. The van der Waals surface area contributed by atoms with Gasteiger partial charge in [-0.25, -0.2) is 13.4 Å². The van der Waals surface area contributed by atoms with Gasteiger partial charge in [-0.1, -0.05) is 38.1 Å². The molecule has 202 valence electrons. The molecular weight excluding hydrogens is 508 g/mol. The van der Waals surface area contributed by atoms with Crippen molar-refractivity contribution in [3.05, 3.63) is 60.0 Å². The molecule has 0 radical (unpaired) electrons. The quantitative estimate of drug-likeness (QED) is 0.448. The van der Waals surface area contributed by atoms with Crippen LogP contribution in [0, 0.1) is 12.8 Å². The van der Waals surface area contributed by atoms with E-state index in [1.54, 1.807) is 25.1 Å². The van der Waals surface area contributed by atoms with Gasteiger partial charge < -0.3 is 15.1 Å². The molecule has 38 heavy (non-hydrogen) atoms. The third-order valence-electron chi connectivity index (χ3n) is 6.56. The molecule has 1 aromatic carbocycles. The highest BCUT2D eigenvalue weighted by Gasteiger charge is 2.35. The van der Waals surface area contributed by atoms with Crippen LogP contribution in [0.1, 0.15) is 49.2 Å². The van der Waals surface area contributed by atoms with Crippen LogP contribution in [-0.4, -0.2) is 60.5 Å². The van der Waals surface area contributed by atoms with E-state index in [0.717, 1.165) is 9.69 Å². The van der Waals surface area contributed by atoms with Crippen molar-refractivity contribution < 1.29 is 27.2 Å². The van der Waals surface area contributed by atoms with Crippen LogP contribution in [0.5, 0.6) is 0 Å². The van der Waals surface area contributed by atoms with Gasteiger partial charge in [0.15, 0.2) is 16.6 Å². The summed E-state index contributed by atoms with van der Waals surface area (Å²) in [7, 11) is -3.94. The van der Waals surface area contributed by atoms with Crippen LogP contribution in [0.4, 0.5) is 0 Å². The van der Waals surface area contributed by atoms with E-state index in [1.165, 1.54) is 12.3 Å². The molecule has 2 aromatic heterocycles. The van der Waals surface area contributed by atoms with Crippen LogP contribution >= 0.6 is 0 Å². The summed E-state index contributed by atoms with van der Waals surface area (Å²) < 4.78 is 32.8. The number of nitrogens with zero attached hydrogens (tertiary/aromatic N) is 2. The number of hydrogen-bond acceptors (Lipinski definition) is 7. The number of nitrogens with one attached hydrogen (secondary N) is 2. The number of sulfonamides is 1. The van der Waals surface area contributed by atoms with Gasteiger partial charge >= 0.3 is 0 Å². The number of hydrogen-bond donors (Lipinski definition) is 2. The molecule has 2 N–H and O–H groups in total. The van der Waals surface area contributed by atoms with E-state index in [2.05, 4.69) is 15.6 Å². The number of carbonyl (C=O) groups is 3. The fourth-order valence-electron chi connectivity index (χ4n) is 4.58. The fraction of sp³-hybridized carbons (Fsp3) is 0.407. The molecule has 0 spiro atoms. The Balaban J connectivity index is 1.46. The molecule has 1 unspecified atom stereocenters. The summed E-state index contributed by atoms with van der Waals surface area (Å²) in [5.74, 6) is -1.22. The predicted octanol–water partition coefficient (Wildman–Crippen LogP) is 2.82. The van der Waals surface area contributed by atoms with Crippen molar-refractivity contribution in [3.8, 4) is 0 Å². The zero-order chi connectivity index (χ0) is 27.4. The zero-order valence-corrected chi connectivity index (χ0v) is 22.5. The molecule has 1 aliphatic heterocycles. The summed E-state index contributed by atoms with van der Waals surface area (Å²) in [5, 5.41) is 6.21. The summed E-state index contributed by atoms with van der Waals surface area (Å²) in [6.45, 7) is 5.40. The number of aryl methyl sites for hydroxylation is 1. The highest BCUT2D eigenvalue weighted by molar-refractivity contribution is 7.89. The van der Waals surface area contributed by atoms with Gasteiger partial charge in [0.2, 0.25) is 5.91 Å². The topological polar surface area (TPSA) is 139 Å². The molecular formula is C27H32N4O6S. The lowest BCUT2D eigenvalue weighted by molar-refractivity contribution is -0.129. The number of ketones is 1. The van der Waals surface area contributed by atoms with E-state index >= 15 is 0 Å². The van der Waals surface area contributed by atoms with Crippen LogP contribution in [0.25, 0.3) is 11.0 Å². The largest absolute Gasteiger partial charge is 0.451 e. The van der Waals surface area contributed by atoms with Crippen LogP contribution in [0.15, 0.2) is 58.1 Å². The maximum Gasteiger partial charge on any atom is 0.287 e. The molecule has 0 saturated carbocycles. The number of furan rings is 1. The Morgan fingerprint density at radius 3 is 2.58 bits per heavy atom. The Morgan fingerprint density at radius 2 is 1.89 bits per heavy atom. The van der Waals surface area contributed by atoms with Gasteiger partial charge in [0.05, 0.1) is 12.6 Å². The van der Waals surface area contributed by atoms with Gasteiger partial charge in [-0.15, -0.1) is 0 Å². The smallest absolute Gasteiger partial charge is 0.287 e. The molecule has 11 heteroatoms. The summed E-state index contributed by atoms with van der Waals surface area (Å²) in [4.78, 5) is 43.3. The summed E-state index contributed by atoms with van der Waals surface area (Å²) >= 11 is 0. The van der Waals surface area contributed by atoms with Crippen LogP contribution in [0.2, 0.25) is 0 Å². The average Bonchev–Trinajstić information content (AvgIpc) is 3.11. The summed E-state index contributed by atoms with van der Waals surface area (Å²) in [5.41, 5.74) is 1.25. The fourth-order valence-corrected chi connectivity index (χ4v) is 5.95. The Morgan fingerprint density at radius 1 is 1.16 bits per heavy atom. The number of carbonyl (C=O) groups excluding carboxylic acids is 3. The number of benzene rings is 1. The highest BCUT2D eigenvalue weighted by Crippen LogP contribution is 2.25. The van der Waals surface area contributed by atoms with Crippen molar-refractivity contribution in [2.24, 2.45) is 5.92 Å². The first-order chi connectivity index (χ1) is 18.1. The number of Topliss-reactive ketones (excluding diaryl/α,β-unsaturated/α-hetero) is 1. The number of amides is 2. The van der Waals surface area contributed by atoms with E-state index in [0.29, 0.717) is 24.0 Å². The van der Waals surface area contributed by atoms with Crippen LogP contribution in [0.3, 0.4) is 0 Å². The van der Waals surface area contributed by atoms with Crippen molar-refractivity contribution >= 4 is 38.6 Å². The third kappa shape index (κ3) is 5.94. The monoisotopic (exact) mass is 540 g/mol. The molecule has 1 aliphatic rings. The number of aromatic nitrogens is 1. The molecule has 2 atom stereocenters. The maximum absolute atomic E-state index is 13.3. The SMILES string of the molecule is Cc1c(C(=O)NC(CC(C)C)C(=O)N[C@H]2CCCN(S(=O)(=O)c3ccccn3)CC2=O)oc2ccccc12. The molecule has 3 aromatic rings. The molecule has 3 heterocycles. The van der Waals surface area contributed by atoms with Gasteiger partial charge in [-0.2, -0.15) is 4.31 Å². The minimum absolute atomic E-state index is 0.0756. The number of fused-ring (bicyclic) bond motifs is 1. The highest BCUT2D eigenvalue weighted by atomic mass is 32.2. The molecule has 4 rings (SSSR count). The van der Waals surface area contributed by atoms with Crippen molar-refractivity contribution in [2.45, 2.75) is 57.1 Å². The van der Waals surface area contributed by atoms with E-state index in [9.17, 15) is 22.8 Å². The molecule has 1 fully saturated rings. The second-order valence-electron chi connectivity index (χ2n) is 9.88. The van der Waals surface area contributed by atoms with Crippen molar-refractivity contribution in [1.29, 1.82) is 0 Å². The molecule has 0 aliphatic carbocycles. The second kappa shape index (κ2) is 11.4. The van der Waals surface area contributed by atoms with Gasteiger partial charge in [-0.3, -0.25) is 14.4 Å². The van der Waals surface area contributed by atoms with E-state index in [-0.39, 0.29) is 36.2 Å². The van der Waals surface area contributed by atoms with Gasteiger partial charge in [0, 0.05) is 23.7 Å². The van der Waals surface area contributed by atoms with E-state index < -0.39 is 39.7 Å². The number of pyridine rings is 1. The average molecular weight is 541 g/mol. The predicted molar refractivity (Wildman–Crippen MR) is 141 cm³/mol. The number of rotatable bonds is 8. The van der Waals surface area contributed by atoms with E-state index in [1.807, 2.05) is 32.0 Å². The molecule has 0 bridgehead atoms. The summed E-state index contributed by atoms with van der Waals surface area (Å²) in [6.07, 6.45) is 2.38. The first-order valence-corrected chi connectivity index (χ1v) is 14.0. The van der Waals surface area contributed by atoms with Gasteiger partial charge in [-0.05, 0) is 50.3 Å². The minimum atomic E-state index is -3.94. The lowest BCUT2D eigenvalue weighted by Gasteiger charge is -2.23.